The molecule has 0 bridgehead atoms. The van der Waals surface area contributed by atoms with Crippen molar-refractivity contribution < 1.29 is 4.74 Å². The van der Waals surface area contributed by atoms with Crippen LogP contribution in [0.4, 0.5) is 5.82 Å². The summed E-state index contributed by atoms with van der Waals surface area (Å²) in [5, 5.41) is 0. The molecule has 0 aliphatic heterocycles. The first-order chi connectivity index (χ1) is 6.19. The number of methoxy groups -OCH3 is 1. The maximum absolute atomic E-state index is 5.24. The highest BCUT2D eigenvalue weighted by Gasteiger charge is 2.06. The molecule has 3 nitrogen and oxygen atoms in total. The van der Waals surface area contributed by atoms with Crippen LogP contribution in [0.15, 0.2) is 12.3 Å². The third-order valence-electron chi connectivity index (χ3n) is 1.64. The predicted octanol–water partition coefficient (Wildman–Crippen LogP) is 1.14. The fourth-order valence-electron chi connectivity index (χ4n) is 1.00. The van der Waals surface area contributed by atoms with Gasteiger partial charge in [0.2, 0.25) is 0 Å². The molecule has 3 heteroatoms. The van der Waals surface area contributed by atoms with Crippen molar-refractivity contribution in [3.05, 3.63) is 17.8 Å². The van der Waals surface area contributed by atoms with Gasteiger partial charge in [-0.05, 0) is 0 Å². The molecule has 0 N–H and O–H groups in total. The van der Waals surface area contributed by atoms with Gasteiger partial charge >= 0.3 is 0 Å². The fraction of sp³-hybridized carbons (Fsp3) is 0.300. The number of terminal acetylenes is 1. The molecule has 0 spiro atoms. The Kier molecular flexibility index (Phi) is 2.76. The Morgan fingerprint density at radius 2 is 2.23 bits per heavy atom. The van der Waals surface area contributed by atoms with E-state index in [9.17, 15) is 0 Å². The van der Waals surface area contributed by atoms with E-state index in [0.717, 1.165) is 11.4 Å². The summed E-state index contributed by atoms with van der Waals surface area (Å²) in [6.45, 7) is 0. The number of hydrogen-bond acceptors (Lipinski definition) is 3. The number of aromatic nitrogens is 1. The van der Waals surface area contributed by atoms with E-state index in [1.54, 1.807) is 19.4 Å². The van der Waals surface area contributed by atoms with Crippen molar-refractivity contribution in [2.24, 2.45) is 0 Å². The Morgan fingerprint density at radius 1 is 1.54 bits per heavy atom. The van der Waals surface area contributed by atoms with Crippen LogP contribution in [0.5, 0.6) is 5.75 Å². The molecular formula is C10H12N2O. The van der Waals surface area contributed by atoms with Crippen LogP contribution in [-0.4, -0.2) is 26.2 Å². The van der Waals surface area contributed by atoms with Crippen LogP contribution in [0.25, 0.3) is 0 Å². The Bertz CT molecular complexity index is 339. The number of nitrogens with zero attached hydrogens (tertiary/aromatic N) is 2. The van der Waals surface area contributed by atoms with E-state index in [2.05, 4.69) is 10.9 Å². The van der Waals surface area contributed by atoms with Gasteiger partial charge in [-0.3, -0.25) is 0 Å². The SMILES string of the molecule is C#Cc1cnc(N(C)C)c(OC)c1. The zero-order chi connectivity index (χ0) is 9.84. The van der Waals surface area contributed by atoms with E-state index in [1.807, 2.05) is 19.0 Å². The van der Waals surface area contributed by atoms with Crippen LogP contribution >= 0.6 is 0 Å². The Morgan fingerprint density at radius 3 is 2.69 bits per heavy atom. The predicted molar refractivity (Wildman–Crippen MR) is 53.1 cm³/mol. The van der Waals surface area contributed by atoms with Crippen molar-refractivity contribution in [2.75, 3.05) is 26.1 Å². The summed E-state index contributed by atoms with van der Waals surface area (Å²) in [6, 6.07) is 1.79. The van der Waals surface area contributed by atoms with Gasteiger partial charge in [0.1, 0.15) is 0 Å². The van der Waals surface area contributed by atoms with Gasteiger partial charge in [0, 0.05) is 31.9 Å². The second kappa shape index (κ2) is 3.81. The van der Waals surface area contributed by atoms with Crippen LogP contribution in [-0.2, 0) is 0 Å². The molecule has 0 fully saturated rings. The molecule has 68 valence electrons. The lowest BCUT2D eigenvalue weighted by molar-refractivity contribution is 0.413. The lowest BCUT2D eigenvalue weighted by Crippen LogP contribution is -2.12. The Hall–Kier alpha value is -1.69. The molecule has 0 aliphatic carbocycles. The smallest absolute Gasteiger partial charge is 0.170 e. The third-order valence-corrected chi connectivity index (χ3v) is 1.64. The minimum absolute atomic E-state index is 0.695. The van der Waals surface area contributed by atoms with E-state index in [4.69, 9.17) is 11.2 Å². The Labute approximate surface area is 78.3 Å². The summed E-state index contributed by atoms with van der Waals surface area (Å²) >= 11 is 0. The molecule has 0 unspecified atom stereocenters. The monoisotopic (exact) mass is 176 g/mol. The molecule has 13 heavy (non-hydrogen) atoms. The van der Waals surface area contributed by atoms with Crippen LogP contribution < -0.4 is 9.64 Å². The molecule has 1 aromatic heterocycles. The topological polar surface area (TPSA) is 25.4 Å². The summed E-state index contributed by atoms with van der Waals surface area (Å²) in [7, 11) is 5.41. The maximum atomic E-state index is 5.24. The molecule has 1 heterocycles. The number of pyridine rings is 1. The molecule has 1 aromatic rings. The van der Waals surface area contributed by atoms with Crippen LogP contribution in [0.2, 0.25) is 0 Å². The van der Waals surface area contributed by atoms with Gasteiger partial charge < -0.3 is 9.64 Å². The molecule has 0 saturated carbocycles. The number of ether oxygens (including phenoxy) is 1. The highest BCUT2D eigenvalue weighted by atomic mass is 16.5. The summed E-state index contributed by atoms with van der Waals surface area (Å²) in [4.78, 5) is 6.05. The van der Waals surface area contributed by atoms with Crippen molar-refractivity contribution in [3.8, 4) is 18.1 Å². The van der Waals surface area contributed by atoms with Gasteiger partial charge in [0.25, 0.3) is 0 Å². The van der Waals surface area contributed by atoms with Gasteiger partial charge in [-0.1, -0.05) is 5.92 Å². The molecule has 1 rings (SSSR count). The molecule has 0 aromatic carbocycles. The summed E-state index contributed by atoms with van der Waals surface area (Å²) < 4.78 is 5.15. The van der Waals surface area contributed by atoms with Crippen LogP contribution in [0.3, 0.4) is 0 Å². The first-order valence-corrected chi connectivity index (χ1v) is 3.87. The summed E-state index contributed by atoms with van der Waals surface area (Å²) in [6.07, 6.45) is 6.89. The van der Waals surface area contributed by atoms with Crippen molar-refractivity contribution in [2.45, 2.75) is 0 Å². The van der Waals surface area contributed by atoms with E-state index in [-0.39, 0.29) is 0 Å². The molecular weight excluding hydrogens is 164 g/mol. The lowest BCUT2D eigenvalue weighted by atomic mass is 10.3. The zero-order valence-electron chi connectivity index (χ0n) is 8.03. The fourth-order valence-corrected chi connectivity index (χ4v) is 1.00. The van der Waals surface area contributed by atoms with E-state index >= 15 is 0 Å². The van der Waals surface area contributed by atoms with Crippen LogP contribution in [0.1, 0.15) is 5.56 Å². The minimum Gasteiger partial charge on any atom is -0.493 e. The van der Waals surface area contributed by atoms with Gasteiger partial charge in [0.15, 0.2) is 11.6 Å². The zero-order valence-corrected chi connectivity index (χ0v) is 8.03. The van der Waals surface area contributed by atoms with Gasteiger partial charge in [0.05, 0.1) is 7.11 Å². The minimum atomic E-state index is 0.695. The van der Waals surface area contributed by atoms with Crippen molar-refractivity contribution >= 4 is 5.82 Å². The first-order valence-electron chi connectivity index (χ1n) is 3.87. The number of hydrogen-bond donors (Lipinski definition) is 0. The van der Waals surface area contributed by atoms with Crippen LogP contribution in [0, 0.1) is 12.3 Å². The highest BCUT2D eigenvalue weighted by Crippen LogP contribution is 2.24. The normalized spacial score (nSPS) is 9.08. The number of rotatable bonds is 2. The summed E-state index contributed by atoms with van der Waals surface area (Å²) in [5.74, 6) is 3.98. The molecule has 0 aliphatic rings. The van der Waals surface area contributed by atoms with Gasteiger partial charge in [-0.25, -0.2) is 4.98 Å². The lowest BCUT2D eigenvalue weighted by Gasteiger charge is -2.14. The summed E-state index contributed by atoms with van der Waals surface area (Å²) in [5.41, 5.74) is 0.724. The quantitative estimate of drug-likeness (QED) is 0.632. The van der Waals surface area contributed by atoms with E-state index in [1.165, 1.54) is 0 Å². The second-order valence-corrected chi connectivity index (χ2v) is 2.79. The third kappa shape index (κ3) is 1.91. The molecule has 0 atom stereocenters. The average molecular weight is 176 g/mol. The second-order valence-electron chi connectivity index (χ2n) is 2.79. The largest absolute Gasteiger partial charge is 0.493 e. The molecule has 0 amide bonds. The van der Waals surface area contributed by atoms with Crippen molar-refractivity contribution in [1.82, 2.24) is 4.98 Å². The Balaban J connectivity index is 3.17. The van der Waals surface area contributed by atoms with Gasteiger partial charge in [-0.2, -0.15) is 0 Å². The molecule has 0 saturated heterocycles. The average Bonchev–Trinajstić information content (AvgIpc) is 2.16. The van der Waals surface area contributed by atoms with Gasteiger partial charge in [-0.15, -0.1) is 6.42 Å². The number of anilines is 1. The van der Waals surface area contributed by atoms with Crippen molar-refractivity contribution in [1.29, 1.82) is 0 Å². The van der Waals surface area contributed by atoms with E-state index in [0.29, 0.717) is 5.75 Å². The van der Waals surface area contributed by atoms with Crippen molar-refractivity contribution in [3.63, 3.8) is 0 Å². The van der Waals surface area contributed by atoms with E-state index < -0.39 is 0 Å². The molecule has 0 radical (unpaired) electrons. The highest BCUT2D eigenvalue weighted by molar-refractivity contribution is 5.54. The first kappa shape index (κ1) is 9.40. The standard InChI is InChI=1S/C10H12N2O/c1-5-8-6-9(13-4)10(11-7-8)12(2)3/h1,6-7H,2-4H3. The maximum Gasteiger partial charge on any atom is 0.170 e.